The van der Waals surface area contributed by atoms with Gasteiger partial charge in [0.05, 0.1) is 35.7 Å². The predicted molar refractivity (Wildman–Crippen MR) is 177 cm³/mol. The Kier molecular flexibility index (Phi) is 10.1. The van der Waals surface area contributed by atoms with Crippen LogP contribution >= 0.6 is 11.8 Å². The molecule has 0 spiro atoms. The highest BCUT2D eigenvalue weighted by Crippen LogP contribution is 2.33. The van der Waals surface area contributed by atoms with Gasteiger partial charge in [-0.3, -0.25) is 15.1 Å². The number of anilines is 1. The molecule has 2 aliphatic rings. The molecule has 1 heterocycles. The van der Waals surface area contributed by atoms with Gasteiger partial charge in [0, 0.05) is 17.5 Å². The lowest BCUT2D eigenvalue weighted by Gasteiger charge is -2.18. The molecule has 1 aliphatic heterocycles. The normalized spacial score (nSPS) is 17.8. The maximum atomic E-state index is 12.2. The van der Waals surface area contributed by atoms with Gasteiger partial charge in [0.15, 0.2) is 16.8 Å². The van der Waals surface area contributed by atoms with Crippen LogP contribution in [0.15, 0.2) is 130 Å². The third-order valence-electron chi connectivity index (χ3n) is 6.32. The molecule has 0 saturated carbocycles. The number of esters is 2. The average molecular weight is 620 g/mol. The molecule has 1 N–H and O–H groups in total. The third-order valence-corrected chi connectivity index (χ3v) is 7.24. The van der Waals surface area contributed by atoms with Crippen LogP contribution in [-0.2, 0) is 14.3 Å². The largest absolute Gasteiger partial charge is 0.462 e. The number of hydrazone groups is 1. The van der Waals surface area contributed by atoms with Crippen molar-refractivity contribution in [2.24, 2.45) is 15.1 Å². The number of hydrogen-bond acceptors (Lipinski definition) is 10. The Morgan fingerprint density at radius 3 is 1.96 bits per heavy atom. The maximum Gasteiger partial charge on any atom is 0.338 e. The summed E-state index contributed by atoms with van der Waals surface area (Å²) in [6, 6.07) is 23.1. The first-order valence-corrected chi connectivity index (χ1v) is 15.0. The van der Waals surface area contributed by atoms with Gasteiger partial charge in [-0.1, -0.05) is 30.4 Å². The molecular weight excluding hydrogens is 590 g/mol. The topological polar surface area (TPSA) is 122 Å². The van der Waals surface area contributed by atoms with Crippen molar-refractivity contribution >= 4 is 62.6 Å². The van der Waals surface area contributed by atoms with Crippen LogP contribution < -0.4 is 10.3 Å². The molecule has 0 bridgehead atoms. The zero-order valence-electron chi connectivity index (χ0n) is 24.5. The number of benzene rings is 3. The second-order valence-corrected chi connectivity index (χ2v) is 10.3. The van der Waals surface area contributed by atoms with Crippen molar-refractivity contribution in [2.45, 2.75) is 13.8 Å². The Morgan fingerprint density at radius 2 is 1.38 bits per heavy atom. The fourth-order valence-electron chi connectivity index (χ4n) is 4.19. The van der Waals surface area contributed by atoms with Gasteiger partial charge >= 0.3 is 11.9 Å². The van der Waals surface area contributed by atoms with Crippen molar-refractivity contribution in [1.82, 2.24) is 5.43 Å². The van der Waals surface area contributed by atoms with Crippen LogP contribution in [0.1, 0.15) is 34.6 Å². The molecule has 0 amide bonds. The van der Waals surface area contributed by atoms with Crippen LogP contribution in [-0.4, -0.2) is 47.0 Å². The number of carbonyl (C=O) groups is 3. The van der Waals surface area contributed by atoms with Crippen LogP contribution in [0.2, 0.25) is 0 Å². The minimum absolute atomic E-state index is 0.133. The van der Waals surface area contributed by atoms with E-state index in [-0.39, 0.29) is 19.0 Å². The first-order valence-electron chi connectivity index (χ1n) is 14.1. The summed E-state index contributed by atoms with van der Waals surface area (Å²) in [6.07, 6.45) is 8.18. The molecule has 0 atom stereocenters. The zero-order valence-corrected chi connectivity index (χ0v) is 25.4. The number of carbonyl (C=O) groups excluding carboxylic acids is 3. The van der Waals surface area contributed by atoms with E-state index in [4.69, 9.17) is 19.5 Å². The minimum atomic E-state index is -0.413. The molecule has 226 valence electrons. The number of ether oxygens (including phenoxy) is 2. The number of ketones is 1. The number of aliphatic imine (C=N–C) groups is 2. The van der Waals surface area contributed by atoms with Crippen LogP contribution in [0, 0.1) is 0 Å². The van der Waals surface area contributed by atoms with E-state index in [2.05, 4.69) is 10.5 Å². The number of rotatable bonds is 9. The van der Waals surface area contributed by atoms with Gasteiger partial charge in [-0.15, -0.1) is 5.10 Å². The second-order valence-electron chi connectivity index (χ2n) is 9.37. The second kappa shape index (κ2) is 14.8. The van der Waals surface area contributed by atoms with Crippen LogP contribution in [0.5, 0.6) is 0 Å². The summed E-state index contributed by atoms with van der Waals surface area (Å²) in [4.78, 5) is 48.2. The van der Waals surface area contributed by atoms with Crippen molar-refractivity contribution in [1.29, 1.82) is 0 Å². The van der Waals surface area contributed by atoms with Gasteiger partial charge < -0.3 is 9.47 Å². The lowest BCUT2D eigenvalue weighted by Crippen LogP contribution is -2.31. The monoisotopic (exact) mass is 619 g/mol. The molecule has 5 rings (SSSR count). The Balaban J connectivity index is 1.57. The summed E-state index contributed by atoms with van der Waals surface area (Å²) in [5.41, 5.74) is 6.14. The third kappa shape index (κ3) is 7.70. The molecule has 1 saturated heterocycles. The number of hydrogen-bond donors (Lipinski definition) is 1. The maximum absolute atomic E-state index is 12.2. The predicted octanol–water partition coefficient (Wildman–Crippen LogP) is 6.49. The Morgan fingerprint density at radius 1 is 0.800 bits per heavy atom. The quantitative estimate of drug-likeness (QED) is 0.164. The smallest absolute Gasteiger partial charge is 0.338 e. The number of amidine groups is 2. The van der Waals surface area contributed by atoms with E-state index < -0.39 is 11.9 Å². The van der Waals surface area contributed by atoms with Gasteiger partial charge in [0.25, 0.3) is 0 Å². The van der Waals surface area contributed by atoms with E-state index in [1.54, 1.807) is 80.6 Å². The number of nitrogens with one attached hydrogen (secondary N) is 1. The van der Waals surface area contributed by atoms with Crippen molar-refractivity contribution < 1.29 is 23.9 Å². The van der Waals surface area contributed by atoms with Gasteiger partial charge in [-0.25, -0.2) is 19.6 Å². The highest BCUT2D eigenvalue weighted by Gasteiger charge is 2.35. The molecule has 45 heavy (non-hydrogen) atoms. The molecule has 3 aromatic rings. The standard InChI is InChI=1S/C34H29N5O5S/c1-3-43-32(41)23-14-18-26(19-15-23)36-30-31(37-27-20-16-24(17-21-27)33(42)44-4-2)45-34(39(30)28-11-6-5-7-12-28)38-35-22-25-10-8-9-13-29(25)40/h5-22,35H,3-4H2,1-2H3/b25-22-,36-30?,37-31?,38-34-. The number of allylic oxidation sites excluding steroid dienone is 5. The summed E-state index contributed by atoms with van der Waals surface area (Å²) in [6.45, 7) is 4.07. The summed E-state index contributed by atoms with van der Waals surface area (Å²) in [5, 5.41) is 5.63. The van der Waals surface area contributed by atoms with Crippen molar-refractivity contribution in [3.05, 3.63) is 126 Å². The lowest BCUT2D eigenvalue weighted by molar-refractivity contribution is -0.111. The molecule has 1 aliphatic carbocycles. The molecule has 1 fully saturated rings. The molecular formula is C34H29N5O5S. The summed E-state index contributed by atoms with van der Waals surface area (Å²) in [5.74, 6) is -0.475. The van der Waals surface area contributed by atoms with E-state index >= 15 is 0 Å². The van der Waals surface area contributed by atoms with Gasteiger partial charge in [0.2, 0.25) is 0 Å². The highest BCUT2D eigenvalue weighted by atomic mass is 32.2. The van der Waals surface area contributed by atoms with Gasteiger partial charge in [-0.2, -0.15) is 0 Å². The molecule has 0 unspecified atom stereocenters. The van der Waals surface area contributed by atoms with E-state index in [9.17, 15) is 14.4 Å². The SMILES string of the molecule is CCOC(=O)c1ccc(N=C2S/C(=N\N/C=C3/C=CC=CC3=O)N(c3ccccc3)C2=Nc2ccc(C(=O)OCC)cc2)cc1. The summed E-state index contributed by atoms with van der Waals surface area (Å²) in [7, 11) is 0. The van der Waals surface area contributed by atoms with E-state index in [0.29, 0.717) is 44.1 Å². The highest BCUT2D eigenvalue weighted by molar-refractivity contribution is 8.29. The van der Waals surface area contributed by atoms with E-state index in [0.717, 1.165) is 5.69 Å². The minimum Gasteiger partial charge on any atom is -0.462 e. The van der Waals surface area contributed by atoms with Crippen LogP contribution in [0.25, 0.3) is 0 Å². The fraction of sp³-hybridized carbons (Fsp3) is 0.118. The van der Waals surface area contributed by atoms with Gasteiger partial charge in [0.1, 0.15) is 5.04 Å². The van der Waals surface area contributed by atoms with Crippen LogP contribution in [0.4, 0.5) is 17.1 Å². The molecule has 0 aromatic heterocycles. The molecule has 11 heteroatoms. The zero-order chi connectivity index (χ0) is 31.6. The Bertz CT molecular complexity index is 1760. The number of para-hydroxylation sites is 1. The average Bonchev–Trinajstić information content (AvgIpc) is 3.39. The van der Waals surface area contributed by atoms with Crippen molar-refractivity contribution in [2.75, 3.05) is 18.1 Å². The Hall–Kier alpha value is -5.55. The van der Waals surface area contributed by atoms with Crippen LogP contribution in [0.3, 0.4) is 0 Å². The molecule has 3 aromatic carbocycles. The van der Waals surface area contributed by atoms with Gasteiger partial charge in [-0.05, 0) is 98.4 Å². The van der Waals surface area contributed by atoms with E-state index in [1.165, 1.54) is 24.0 Å². The molecule has 10 nitrogen and oxygen atoms in total. The summed E-state index contributed by atoms with van der Waals surface area (Å²) < 4.78 is 10.2. The summed E-state index contributed by atoms with van der Waals surface area (Å²) >= 11 is 1.28. The number of nitrogens with zero attached hydrogens (tertiary/aromatic N) is 4. The van der Waals surface area contributed by atoms with E-state index in [1.807, 2.05) is 35.2 Å². The Labute approximate surface area is 264 Å². The fourth-order valence-corrected chi connectivity index (χ4v) is 5.12. The number of thioether (sulfide) groups is 1. The first kappa shape index (κ1) is 30.9. The van der Waals surface area contributed by atoms with Crippen molar-refractivity contribution in [3.63, 3.8) is 0 Å². The molecule has 0 radical (unpaired) electrons. The van der Waals surface area contributed by atoms with Crippen molar-refractivity contribution in [3.8, 4) is 0 Å². The lowest BCUT2D eigenvalue weighted by atomic mass is 10.1. The first-order chi connectivity index (χ1) is 22.0.